The summed E-state index contributed by atoms with van der Waals surface area (Å²) >= 11 is 0. The van der Waals surface area contributed by atoms with E-state index in [0.29, 0.717) is 38.5 Å². The molecule has 0 aliphatic carbocycles. The molecule has 1 spiro atoms. The maximum atomic E-state index is 14.0. The van der Waals surface area contributed by atoms with Gasteiger partial charge in [-0.3, -0.25) is 14.5 Å². The molecule has 11 nitrogen and oxygen atoms in total. The lowest BCUT2D eigenvalue weighted by molar-refractivity contribution is -0.468. The molecule has 4 atom stereocenters. The van der Waals surface area contributed by atoms with Crippen LogP contribution in [0.1, 0.15) is 220 Å². The summed E-state index contributed by atoms with van der Waals surface area (Å²) in [7, 11) is 6.47. The Kier molecular flexibility index (Phi) is 27.4. The fourth-order valence-electron chi connectivity index (χ4n) is 9.51. The minimum Gasteiger partial charge on any atom is -0.438 e. The van der Waals surface area contributed by atoms with Crippen molar-refractivity contribution >= 4 is 19.8 Å². The second kappa shape index (κ2) is 30.0. The van der Waals surface area contributed by atoms with Crippen LogP contribution in [0.25, 0.3) is 0 Å². The van der Waals surface area contributed by atoms with Crippen LogP contribution in [0.15, 0.2) is 0 Å². The van der Waals surface area contributed by atoms with Gasteiger partial charge < -0.3 is 39.9 Å². The first-order valence-corrected chi connectivity index (χ1v) is 25.0. The molecule has 2 heterocycles. The van der Waals surface area contributed by atoms with Crippen molar-refractivity contribution in [3.63, 3.8) is 0 Å². The Balaban J connectivity index is 2.38. The quantitative estimate of drug-likeness (QED) is 0.0180. The maximum absolute atomic E-state index is 14.0. The molecule has 0 saturated carbocycles. The summed E-state index contributed by atoms with van der Waals surface area (Å²) in [5.41, 5.74) is -6.73. The molecule has 2 radical (unpaired) electrons. The summed E-state index contributed by atoms with van der Waals surface area (Å²) in [4.78, 5) is 31.7. The van der Waals surface area contributed by atoms with Crippen molar-refractivity contribution in [2.24, 2.45) is 17.3 Å². The van der Waals surface area contributed by atoms with Crippen LogP contribution in [-0.2, 0) is 19.1 Å². The molecule has 2 rings (SSSR count). The van der Waals surface area contributed by atoms with Crippen LogP contribution in [-0.4, -0.2) is 112 Å². The number of esters is 2. The number of aliphatic hydroxyl groups is 5. The summed E-state index contributed by atoms with van der Waals surface area (Å²) in [6, 6.07) is 0. The van der Waals surface area contributed by atoms with Gasteiger partial charge in [0.1, 0.15) is 0 Å². The van der Waals surface area contributed by atoms with Gasteiger partial charge in [-0.25, -0.2) is 0 Å². The molecule has 0 aromatic carbocycles. The smallest absolute Gasteiger partial charge is 0.375 e. The molecule has 0 aromatic rings. The Hall–Kier alpha value is -1.28. The lowest BCUT2D eigenvalue weighted by Crippen LogP contribution is -2.79. The largest absolute Gasteiger partial charge is 0.438 e. The summed E-state index contributed by atoms with van der Waals surface area (Å²) in [5, 5.41) is 57.8. The SMILES string of the molecule is [B]C(O)(OC(=O)C(CCCCCC)CCCCCCCC)C(O)(N1CCC2(CCN(CCCCO)CC2)CC1)C(O)(O)OC(=O)C(CCCCCC)CCCCCCCC. The second-order valence-electron chi connectivity index (χ2n) is 18.8. The second-order valence-corrected chi connectivity index (χ2v) is 18.8. The molecular weight excluding hydrogens is 759 g/mol. The van der Waals surface area contributed by atoms with Crippen molar-refractivity contribution in [1.82, 2.24) is 9.80 Å². The van der Waals surface area contributed by atoms with E-state index >= 15 is 0 Å². The molecule has 0 aromatic heterocycles. The van der Waals surface area contributed by atoms with Gasteiger partial charge in [-0.15, -0.1) is 0 Å². The number of unbranched alkanes of at least 4 members (excludes halogenated alkanes) is 17. The zero-order valence-electron chi connectivity index (χ0n) is 39.0. The third-order valence-corrected chi connectivity index (χ3v) is 13.8. The van der Waals surface area contributed by atoms with Crippen molar-refractivity contribution in [1.29, 1.82) is 0 Å². The van der Waals surface area contributed by atoms with Crippen LogP contribution in [0, 0.1) is 17.3 Å². The summed E-state index contributed by atoms with van der Waals surface area (Å²) in [6.07, 6.45) is 26.6. The molecule has 2 aliphatic heterocycles. The molecule has 2 aliphatic rings. The molecule has 4 unspecified atom stereocenters. The molecule has 60 heavy (non-hydrogen) atoms. The number of rotatable bonds is 35. The number of ether oxygens (including phenoxy) is 2. The van der Waals surface area contributed by atoms with Crippen LogP contribution < -0.4 is 0 Å². The van der Waals surface area contributed by atoms with Crippen LogP contribution >= 0.6 is 0 Å². The van der Waals surface area contributed by atoms with E-state index in [4.69, 9.17) is 17.3 Å². The number of aliphatic hydroxyl groups excluding tert-OH is 1. The normalized spacial score (nSPS) is 19.4. The van der Waals surface area contributed by atoms with Gasteiger partial charge in [-0.1, -0.05) is 156 Å². The Morgan fingerprint density at radius 1 is 0.550 bits per heavy atom. The van der Waals surface area contributed by atoms with Gasteiger partial charge in [0.25, 0.3) is 5.72 Å². The number of hydrogen-bond acceptors (Lipinski definition) is 11. The van der Waals surface area contributed by atoms with Gasteiger partial charge in [-0.05, 0) is 89.3 Å². The topological polar surface area (TPSA) is 160 Å². The summed E-state index contributed by atoms with van der Waals surface area (Å²) in [6.45, 7) is 11.7. The average molecular weight is 851 g/mol. The Bertz CT molecular complexity index is 1070. The highest BCUT2D eigenvalue weighted by atomic mass is 16.8. The third kappa shape index (κ3) is 18.4. The first kappa shape index (κ1) is 54.9. The van der Waals surface area contributed by atoms with E-state index in [2.05, 4.69) is 32.6 Å². The number of nitrogens with zero attached hydrogens (tertiary/aromatic N) is 2. The highest BCUT2D eigenvalue weighted by Gasteiger charge is 2.69. The van der Waals surface area contributed by atoms with Gasteiger partial charge in [0.2, 0.25) is 5.69 Å². The van der Waals surface area contributed by atoms with Crippen molar-refractivity contribution in [3.8, 4) is 0 Å². The summed E-state index contributed by atoms with van der Waals surface area (Å²) < 4.78 is 11.2. The summed E-state index contributed by atoms with van der Waals surface area (Å²) in [5.74, 6) is -6.69. The number of hydrogen-bond donors (Lipinski definition) is 5. The van der Waals surface area contributed by atoms with Gasteiger partial charge in [-0.2, -0.15) is 0 Å². The number of carbonyl (C=O) groups is 2. The van der Waals surface area contributed by atoms with Gasteiger partial charge in [0, 0.05) is 19.7 Å². The van der Waals surface area contributed by atoms with E-state index in [1.165, 1.54) is 4.90 Å². The van der Waals surface area contributed by atoms with Crippen molar-refractivity contribution in [2.75, 3.05) is 39.3 Å². The third-order valence-electron chi connectivity index (χ3n) is 13.8. The van der Waals surface area contributed by atoms with Crippen LogP contribution in [0.3, 0.4) is 0 Å². The fourth-order valence-corrected chi connectivity index (χ4v) is 9.51. The van der Waals surface area contributed by atoms with E-state index < -0.39 is 41.2 Å². The lowest BCUT2D eigenvalue weighted by atomic mass is 9.70. The maximum Gasteiger partial charge on any atom is 0.375 e. The van der Waals surface area contributed by atoms with Crippen LogP contribution in [0.5, 0.6) is 0 Å². The predicted octanol–water partition coefficient (Wildman–Crippen LogP) is 8.84. The van der Waals surface area contributed by atoms with E-state index in [-0.39, 0.29) is 25.1 Å². The van der Waals surface area contributed by atoms with Crippen molar-refractivity contribution in [2.45, 2.75) is 238 Å². The molecular formula is C48H91BN2O9. The Morgan fingerprint density at radius 3 is 1.33 bits per heavy atom. The van der Waals surface area contributed by atoms with Crippen molar-refractivity contribution in [3.05, 3.63) is 0 Å². The first-order chi connectivity index (χ1) is 28.8. The van der Waals surface area contributed by atoms with Crippen LogP contribution in [0.2, 0.25) is 0 Å². The molecule has 12 heteroatoms. The van der Waals surface area contributed by atoms with Gasteiger partial charge >= 0.3 is 17.9 Å². The predicted molar refractivity (Wildman–Crippen MR) is 241 cm³/mol. The molecule has 0 bridgehead atoms. The Morgan fingerprint density at radius 2 is 0.917 bits per heavy atom. The van der Waals surface area contributed by atoms with Gasteiger partial charge in [0.05, 0.1) is 11.8 Å². The van der Waals surface area contributed by atoms with E-state index in [9.17, 15) is 35.1 Å². The number of carbonyl (C=O) groups excluding carboxylic acids is 2. The minimum absolute atomic E-state index is 0.0695. The average Bonchev–Trinajstić information content (AvgIpc) is 3.22. The molecule has 0 amide bonds. The molecule has 5 N–H and O–H groups in total. The first-order valence-electron chi connectivity index (χ1n) is 25.0. The van der Waals surface area contributed by atoms with E-state index in [0.717, 1.165) is 174 Å². The van der Waals surface area contributed by atoms with E-state index in [1.807, 2.05) is 0 Å². The van der Waals surface area contributed by atoms with Crippen molar-refractivity contribution < 1.29 is 44.6 Å². The number of piperidine rings is 2. The fraction of sp³-hybridized carbons (Fsp3) is 0.958. The Labute approximate surface area is 367 Å². The monoisotopic (exact) mass is 851 g/mol. The molecule has 2 fully saturated rings. The highest BCUT2D eigenvalue weighted by Crippen LogP contribution is 2.46. The zero-order chi connectivity index (χ0) is 44.3. The minimum atomic E-state index is -3.73. The van der Waals surface area contributed by atoms with Gasteiger partial charge in [0.15, 0.2) is 7.85 Å². The van der Waals surface area contributed by atoms with E-state index in [1.54, 1.807) is 0 Å². The number of likely N-dealkylation sites (tertiary alicyclic amines) is 2. The standard InChI is InChI=1S/C48H91BN2O9/c1-5-9-13-17-19-23-29-41(27-21-15-11-7-3)43(53)59-47(49,56)46(55,51-38-33-45(34-39-51)31-36-50(37-32-45)35-25-26-40-52)48(57,58)60-44(54)42(28-22-16-12-8-4)30-24-20-18-14-10-6-2/h41-42,52,55-58H,5-40H2,1-4H3. The van der Waals surface area contributed by atoms with Crippen LogP contribution in [0.4, 0.5) is 0 Å². The zero-order valence-corrected chi connectivity index (χ0v) is 39.0. The highest BCUT2D eigenvalue weighted by molar-refractivity contribution is 6.15. The molecule has 2 saturated heterocycles. The lowest BCUT2D eigenvalue weighted by Gasteiger charge is -2.55. The molecule has 350 valence electrons.